The van der Waals surface area contributed by atoms with E-state index in [1.165, 1.54) is 19.2 Å². The van der Waals surface area contributed by atoms with Crippen LogP contribution in [0.4, 0.5) is 10.1 Å². The van der Waals surface area contributed by atoms with Gasteiger partial charge in [0.2, 0.25) is 0 Å². The minimum atomic E-state index is -0.480. The molecule has 1 aromatic rings. The zero-order valence-corrected chi connectivity index (χ0v) is 6.71. The fraction of sp³-hybridized carbons (Fsp3) is 0.250. The molecule has 4 heteroatoms. The van der Waals surface area contributed by atoms with Gasteiger partial charge in [-0.2, -0.15) is 0 Å². The van der Waals surface area contributed by atoms with E-state index >= 15 is 0 Å². The van der Waals surface area contributed by atoms with Gasteiger partial charge in [0, 0.05) is 18.9 Å². The summed E-state index contributed by atoms with van der Waals surface area (Å²) in [5.41, 5.74) is 5.70. The van der Waals surface area contributed by atoms with Crippen LogP contribution in [0.15, 0.2) is 18.2 Å². The summed E-state index contributed by atoms with van der Waals surface area (Å²) in [6, 6.07) is 4.22. The average molecular weight is 171 g/mol. The van der Waals surface area contributed by atoms with Gasteiger partial charge in [-0.25, -0.2) is 4.39 Å². The van der Waals surface area contributed by atoms with Crippen molar-refractivity contribution in [3.8, 4) is 5.75 Å². The maximum atomic E-state index is 12.9. The van der Waals surface area contributed by atoms with Crippen molar-refractivity contribution >= 4 is 5.69 Å². The number of halogens is 1. The third-order valence-corrected chi connectivity index (χ3v) is 1.29. The van der Waals surface area contributed by atoms with Crippen molar-refractivity contribution in [1.29, 1.82) is 0 Å². The SMILES string of the molecule is COCOc1ccc(N)cc1F. The van der Waals surface area contributed by atoms with Gasteiger partial charge in [-0.3, -0.25) is 0 Å². The number of nitrogens with two attached hydrogens (primary N) is 1. The van der Waals surface area contributed by atoms with Crippen LogP contribution in [0.3, 0.4) is 0 Å². The van der Waals surface area contributed by atoms with Gasteiger partial charge in [-0.05, 0) is 12.1 Å². The number of hydrogen-bond acceptors (Lipinski definition) is 3. The second-order valence-corrected chi connectivity index (χ2v) is 2.24. The van der Waals surface area contributed by atoms with E-state index in [1.54, 1.807) is 6.07 Å². The molecule has 0 aliphatic rings. The summed E-state index contributed by atoms with van der Waals surface area (Å²) >= 11 is 0. The number of anilines is 1. The topological polar surface area (TPSA) is 44.5 Å². The monoisotopic (exact) mass is 171 g/mol. The van der Waals surface area contributed by atoms with E-state index in [0.717, 1.165) is 0 Å². The largest absolute Gasteiger partial charge is 0.464 e. The summed E-state index contributed by atoms with van der Waals surface area (Å²) < 4.78 is 22.4. The van der Waals surface area contributed by atoms with Gasteiger partial charge >= 0.3 is 0 Å². The lowest BCUT2D eigenvalue weighted by molar-refractivity contribution is 0.0483. The first-order chi connectivity index (χ1) is 5.74. The normalized spacial score (nSPS) is 9.83. The van der Waals surface area contributed by atoms with E-state index < -0.39 is 5.82 Å². The van der Waals surface area contributed by atoms with Gasteiger partial charge in [0.1, 0.15) is 0 Å². The molecule has 0 aliphatic carbocycles. The number of benzene rings is 1. The molecule has 2 N–H and O–H groups in total. The lowest BCUT2D eigenvalue weighted by Crippen LogP contribution is -2.00. The number of methoxy groups -OCH3 is 1. The second kappa shape index (κ2) is 3.92. The van der Waals surface area contributed by atoms with Crippen LogP contribution in [0.5, 0.6) is 5.75 Å². The Morgan fingerprint density at radius 2 is 2.25 bits per heavy atom. The molecule has 1 rings (SSSR count). The summed E-state index contributed by atoms with van der Waals surface area (Å²) in [6.45, 7) is 0.0286. The highest BCUT2D eigenvalue weighted by Gasteiger charge is 2.01. The molecule has 12 heavy (non-hydrogen) atoms. The van der Waals surface area contributed by atoms with Crippen molar-refractivity contribution in [3.63, 3.8) is 0 Å². The molecule has 0 saturated carbocycles. The number of rotatable bonds is 3. The minimum absolute atomic E-state index is 0.0286. The molecular weight excluding hydrogens is 161 g/mol. The molecule has 0 saturated heterocycles. The van der Waals surface area contributed by atoms with Crippen molar-refractivity contribution in [1.82, 2.24) is 0 Å². The summed E-state index contributed by atoms with van der Waals surface area (Å²) in [5, 5.41) is 0. The molecule has 0 atom stereocenters. The Kier molecular flexibility index (Phi) is 2.88. The quantitative estimate of drug-likeness (QED) is 0.552. The van der Waals surface area contributed by atoms with Crippen LogP contribution in [0.2, 0.25) is 0 Å². The maximum absolute atomic E-state index is 12.9. The molecule has 0 fully saturated rings. The van der Waals surface area contributed by atoms with E-state index in [2.05, 4.69) is 4.74 Å². The van der Waals surface area contributed by atoms with Crippen molar-refractivity contribution in [2.45, 2.75) is 0 Å². The highest BCUT2D eigenvalue weighted by Crippen LogP contribution is 2.18. The summed E-state index contributed by atoms with van der Waals surface area (Å²) in [7, 11) is 1.47. The first-order valence-electron chi connectivity index (χ1n) is 3.41. The first-order valence-corrected chi connectivity index (χ1v) is 3.41. The molecule has 0 unspecified atom stereocenters. The van der Waals surface area contributed by atoms with E-state index in [4.69, 9.17) is 10.5 Å². The van der Waals surface area contributed by atoms with Crippen molar-refractivity contribution in [3.05, 3.63) is 24.0 Å². The summed E-state index contributed by atoms with van der Waals surface area (Å²) in [4.78, 5) is 0. The number of nitrogen functional groups attached to an aromatic ring is 1. The highest BCUT2D eigenvalue weighted by molar-refractivity contribution is 5.42. The Hall–Kier alpha value is -1.29. The standard InChI is InChI=1S/C8H10FNO2/c1-11-5-12-8-3-2-6(10)4-7(8)9/h2-4H,5,10H2,1H3. The summed E-state index contributed by atoms with van der Waals surface area (Å²) in [5.74, 6) is -0.335. The molecule has 0 radical (unpaired) electrons. The smallest absolute Gasteiger partial charge is 0.188 e. The van der Waals surface area contributed by atoms with Gasteiger partial charge in [-0.15, -0.1) is 0 Å². The van der Waals surface area contributed by atoms with Crippen molar-refractivity contribution in [2.24, 2.45) is 0 Å². The lowest BCUT2D eigenvalue weighted by atomic mass is 10.3. The Morgan fingerprint density at radius 1 is 1.50 bits per heavy atom. The van der Waals surface area contributed by atoms with E-state index in [-0.39, 0.29) is 12.5 Å². The number of hydrogen-bond donors (Lipinski definition) is 1. The molecular formula is C8H10FNO2. The zero-order valence-electron chi connectivity index (χ0n) is 6.71. The maximum Gasteiger partial charge on any atom is 0.188 e. The van der Waals surface area contributed by atoms with Crippen LogP contribution in [-0.4, -0.2) is 13.9 Å². The predicted octanol–water partition coefficient (Wildman–Crippen LogP) is 1.39. The van der Waals surface area contributed by atoms with Crippen LogP contribution in [0.1, 0.15) is 0 Å². The highest BCUT2D eigenvalue weighted by atomic mass is 19.1. The van der Waals surface area contributed by atoms with Gasteiger partial charge < -0.3 is 15.2 Å². The van der Waals surface area contributed by atoms with Crippen LogP contribution in [0, 0.1) is 5.82 Å². The fourth-order valence-corrected chi connectivity index (χ4v) is 0.757. The Morgan fingerprint density at radius 3 is 2.83 bits per heavy atom. The van der Waals surface area contributed by atoms with E-state index in [9.17, 15) is 4.39 Å². The molecule has 1 aromatic carbocycles. The summed E-state index contributed by atoms with van der Waals surface area (Å²) in [6.07, 6.45) is 0. The van der Waals surface area contributed by atoms with E-state index in [0.29, 0.717) is 5.69 Å². The molecule has 0 spiro atoms. The molecule has 0 aliphatic heterocycles. The minimum Gasteiger partial charge on any atom is -0.464 e. The zero-order chi connectivity index (χ0) is 8.97. The van der Waals surface area contributed by atoms with Gasteiger partial charge in [-0.1, -0.05) is 0 Å². The molecule has 0 aromatic heterocycles. The predicted molar refractivity (Wildman–Crippen MR) is 43.3 cm³/mol. The number of ether oxygens (including phenoxy) is 2. The average Bonchev–Trinajstić information content (AvgIpc) is 2.03. The Balaban J connectivity index is 2.72. The van der Waals surface area contributed by atoms with Gasteiger partial charge in [0.25, 0.3) is 0 Å². The van der Waals surface area contributed by atoms with Crippen molar-refractivity contribution in [2.75, 3.05) is 19.6 Å². The second-order valence-electron chi connectivity index (χ2n) is 2.24. The Labute approximate surface area is 69.9 Å². The van der Waals surface area contributed by atoms with Crippen molar-refractivity contribution < 1.29 is 13.9 Å². The fourth-order valence-electron chi connectivity index (χ4n) is 0.757. The molecule has 3 nitrogen and oxygen atoms in total. The van der Waals surface area contributed by atoms with Gasteiger partial charge in [0.05, 0.1) is 0 Å². The molecule has 0 amide bonds. The lowest BCUT2D eigenvalue weighted by Gasteiger charge is -2.05. The molecule has 0 bridgehead atoms. The van der Waals surface area contributed by atoms with Crippen LogP contribution in [0.25, 0.3) is 0 Å². The van der Waals surface area contributed by atoms with E-state index in [1.807, 2.05) is 0 Å². The Bertz CT molecular complexity index is 265. The third-order valence-electron chi connectivity index (χ3n) is 1.29. The van der Waals surface area contributed by atoms with Crippen LogP contribution >= 0.6 is 0 Å². The molecule has 66 valence electrons. The third kappa shape index (κ3) is 2.10. The molecule has 0 heterocycles. The van der Waals surface area contributed by atoms with Crippen LogP contribution in [-0.2, 0) is 4.74 Å². The van der Waals surface area contributed by atoms with Crippen LogP contribution < -0.4 is 10.5 Å². The first kappa shape index (κ1) is 8.80. The van der Waals surface area contributed by atoms with Gasteiger partial charge in [0.15, 0.2) is 18.4 Å².